The summed E-state index contributed by atoms with van der Waals surface area (Å²) in [6, 6.07) is 8.94. The summed E-state index contributed by atoms with van der Waals surface area (Å²) in [5.41, 5.74) is 0.348. The molecular weight excluding hydrogens is 345 g/mol. The Kier molecular flexibility index (Phi) is 6.65. The van der Waals surface area contributed by atoms with Gasteiger partial charge in [0.2, 0.25) is 0 Å². The number of halogens is 2. The van der Waals surface area contributed by atoms with E-state index in [0.29, 0.717) is 24.0 Å². The number of nitrogens with one attached hydrogen (secondary N) is 1. The number of anilines is 1. The van der Waals surface area contributed by atoms with Crippen LogP contribution in [0.3, 0.4) is 0 Å². The number of para-hydroxylation sites is 1. The SMILES string of the molecule is COc1cc(C(=O)Nc2ccccc2F)cc(Cl)c1OCCC(C)C. The van der Waals surface area contributed by atoms with Crippen LogP contribution in [0.4, 0.5) is 10.1 Å². The van der Waals surface area contributed by atoms with Crippen molar-refractivity contribution in [2.24, 2.45) is 5.92 Å². The van der Waals surface area contributed by atoms with E-state index in [1.54, 1.807) is 12.1 Å². The molecule has 2 rings (SSSR count). The van der Waals surface area contributed by atoms with Crippen LogP contribution in [-0.4, -0.2) is 19.6 Å². The molecule has 0 spiro atoms. The number of rotatable bonds is 7. The second-order valence-electron chi connectivity index (χ2n) is 5.95. The normalized spacial score (nSPS) is 10.6. The molecule has 1 amide bonds. The van der Waals surface area contributed by atoms with Gasteiger partial charge in [0, 0.05) is 5.56 Å². The van der Waals surface area contributed by atoms with E-state index in [4.69, 9.17) is 21.1 Å². The van der Waals surface area contributed by atoms with Crippen LogP contribution in [0.15, 0.2) is 36.4 Å². The molecule has 4 nitrogen and oxygen atoms in total. The minimum absolute atomic E-state index is 0.0971. The topological polar surface area (TPSA) is 47.6 Å². The zero-order valence-corrected chi connectivity index (χ0v) is 15.2. The van der Waals surface area contributed by atoms with E-state index in [9.17, 15) is 9.18 Å². The molecule has 0 unspecified atom stereocenters. The molecule has 0 aliphatic heterocycles. The molecule has 0 atom stereocenters. The van der Waals surface area contributed by atoms with Crippen LogP contribution in [0.1, 0.15) is 30.6 Å². The number of amides is 1. The highest BCUT2D eigenvalue weighted by Gasteiger charge is 2.17. The minimum atomic E-state index is -0.512. The fraction of sp³-hybridized carbons (Fsp3) is 0.316. The van der Waals surface area contributed by atoms with Crippen LogP contribution < -0.4 is 14.8 Å². The summed E-state index contributed by atoms with van der Waals surface area (Å²) in [5.74, 6) is 0.249. The minimum Gasteiger partial charge on any atom is -0.493 e. The van der Waals surface area contributed by atoms with Gasteiger partial charge in [0.1, 0.15) is 5.82 Å². The molecule has 2 aromatic carbocycles. The number of carbonyl (C=O) groups excluding carboxylic acids is 1. The van der Waals surface area contributed by atoms with Crippen molar-refractivity contribution in [2.45, 2.75) is 20.3 Å². The van der Waals surface area contributed by atoms with Crippen molar-refractivity contribution < 1.29 is 18.7 Å². The predicted octanol–water partition coefficient (Wildman–Crippen LogP) is 5.16. The van der Waals surface area contributed by atoms with Gasteiger partial charge < -0.3 is 14.8 Å². The molecule has 25 heavy (non-hydrogen) atoms. The van der Waals surface area contributed by atoms with E-state index < -0.39 is 11.7 Å². The molecule has 0 aliphatic rings. The summed E-state index contributed by atoms with van der Waals surface area (Å²) in [6.07, 6.45) is 0.870. The molecular formula is C19H21ClFNO3. The first kappa shape index (κ1) is 19.1. The van der Waals surface area contributed by atoms with Crippen molar-refractivity contribution in [3.8, 4) is 11.5 Å². The van der Waals surface area contributed by atoms with E-state index in [1.807, 2.05) is 0 Å². The first-order valence-electron chi connectivity index (χ1n) is 7.98. The maximum Gasteiger partial charge on any atom is 0.255 e. The molecule has 0 aromatic heterocycles. The Bertz CT molecular complexity index is 749. The number of benzene rings is 2. The van der Waals surface area contributed by atoms with E-state index in [0.717, 1.165) is 6.42 Å². The van der Waals surface area contributed by atoms with Crippen LogP contribution in [0, 0.1) is 11.7 Å². The second-order valence-corrected chi connectivity index (χ2v) is 6.36. The van der Waals surface area contributed by atoms with Crippen LogP contribution in [-0.2, 0) is 0 Å². The van der Waals surface area contributed by atoms with Crippen molar-refractivity contribution in [2.75, 3.05) is 19.0 Å². The zero-order chi connectivity index (χ0) is 18.4. The molecule has 0 fully saturated rings. The Morgan fingerprint density at radius 3 is 2.64 bits per heavy atom. The summed E-state index contributed by atoms with van der Waals surface area (Å²) in [7, 11) is 1.47. The Morgan fingerprint density at radius 1 is 1.28 bits per heavy atom. The molecule has 2 aromatic rings. The lowest BCUT2D eigenvalue weighted by atomic mass is 10.1. The van der Waals surface area contributed by atoms with Crippen LogP contribution in [0.2, 0.25) is 5.02 Å². The number of hydrogen-bond acceptors (Lipinski definition) is 3. The van der Waals surface area contributed by atoms with Gasteiger partial charge in [-0.25, -0.2) is 4.39 Å². The maximum atomic E-state index is 13.7. The third-order valence-electron chi connectivity index (χ3n) is 3.56. The van der Waals surface area contributed by atoms with Crippen molar-refractivity contribution in [3.63, 3.8) is 0 Å². The first-order chi connectivity index (χ1) is 11.9. The first-order valence-corrected chi connectivity index (χ1v) is 8.36. The van der Waals surface area contributed by atoms with Gasteiger partial charge in [-0.1, -0.05) is 37.6 Å². The van der Waals surface area contributed by atoms with Gasteiger partial charge in [0.05, 0.1) is 24.4 Å². The molecule has 0 bridgehead atoms. The fourth-order valence-corrected chi connectivity index (χ4v) is 2.41. The summed E-state index contributed by atoms with van der Waals surface area (Å²) >= 11 is 6.25. The average molecular weight is 366 g/mol. The zero-order valence-electron chi connectivity index (χ0n) is 14.4. The summed E-state index contributed by atoms with van der Waals surface area (Å²) < 4.78 is 24.7. The van der Waals surface area contributed by atoms with Crippen molar-refractivity contribution in [1.29, 1.82) is 0 Å². The number of methoxy groups -OCH3 is 1. The highest BCUT2D eigenvalue weighted by Crippen LogP contribution is 2.37. The van der Waals surface area contributed by atoms with Gasteiger partial charge in [-0.3, -0.25) is 4.79 Å². The van der Waals surface area contributed by atoms with Gasteiger partial charge in [0.25, 0.3) is 5.91 Å². The Labute approximate surface area is 151 Å². The smallest absolute Gasteiger partial charge is 0.255 e. The molecule has 134 valence electrons. The van der Waals surface area contributed by atoms with Crippen molar-refractivity contribution in [3.05, 3.63) is 52.8 Å². The van der Waals surface area contributed by atoms with E-state index >= 15 is 0 Å². The lowest BCUT2D eigenvalue weighted by Gasteiger charge is -2.15. The maximum absolute atomic E-state index is 13.7. The summed E-state index contributed by atoms with van der Waals surface area (Å²) in [6.45, 7) is 4.69. The lowest BCUT2D eigenvalue weighted by Crippen LogP contribution is -2.13. The molecule has 6 heteroatoms. The molecule has 0 saturated carbocycles. The monoisotopic (exact) mass is 365 g/mol. The van der Waals surface area contributed by atoms with Gasteiger partial charge >= 0.3 is 0 Å². The van der Waals surface area contributed by atoms with Crippen LogP contribution >= 0.6 is 11.6 Å². The highest BCUT2D eigenvalue weighted by molar-refractivity contribution is 6.32. The molecule has 0 heterocycles. The van der Waals surface area contributed by atoms with Crippen LogP contribution in [0.25, 0.3) is 0 Å². The van der Waals surface area contributed by atoms with Gasteiger partial charge in [-0.15, -0.1) is 0 Å². The predicted molar refractivity (Wildman–Crippen MR) is 97.3 cm³/mol. The van der Waals surface area contributed by atoms with Gasteiger partial charge in [-0.2, -0.15) is 0 Å². The molecule has 1 N–H and O–H groups in total. The lowest BCUT2D eigenvalue weighted by molar-refractivity contribution is 0.102. The quantitative estimate of drug-likeness (QED) is 0.736. The Balaban J connectivity index is 2.20. The standard InChI is InChI=1S/C19H21ClFNO3/c1-12(2)8-9-25-18-14(20)10-13(11-17(18)24-3)19(23)22-16-7-5-4-6-15(16)21/h4-7,10-12H,8-9H2,1-3H3,(H,22,23). The molecule has 0 aliphatic carbocycles. The number of carbonyl (C=O) groups is 1. The van der Waals surface area contributed by atoms with E-state index in [2.05, 4.69) is 19.2 Å². The number of ether oxygens (including phenoxy) is 2. The third-order valence-corrected chi connectivity index (χ3v) is 3.84. The average Bonchev–Trinajstić information content (AvgIpc) is 2.57. The molecule has 0 saturated heterocycles. The second kappa shape index (κ2) is 8.72. The Morgan fingerprint density at radius 2 is 2.00 bits per heavy atom. The highest BCUT2D eigenvalue weighted by atomic mass is 35.5. The van der Waals surface area contributed by atoms with Crippen molar-refractivity contribution >= 4 is 23.2 Å². The van der Waals surface area contributed by atoms with E-state index in [-0.39, 0.29) is 16.3 Å². The fourth-order valence-electron chi connectivity index (χ4n) is 2.14. The van der Waals surface area contributed by atoms with Crippen molar-refractivity contribution in [1.82, 2.24) is 0 Å². The van der Waals surface area contributed by atoms with Gasteiger partial charge in [0.15, 0.2) is 11.5 Å². The Hall–Kier alpha value is -2.27. The number of hydrogen-bond donors (Lipinski definition) is 1. The summed E-state index contributed by atoms with van der Waals surface area (Å²) in [5, 5.41) is 2.78. The van der Waals surface area contributed by atoms with Gasteiger partial charge in [-0.05, 0) is 36.6 Å². The molecule has 0 radical (unpaired) electrons. The van der Waals surface area contributed by atoms with Crippen LogP contribution in [0.5, 0.6) is 11.5 Å². The largest absolute Gasteiger partial charge is 0.493 e. The third kappa shape index (κ3) is 5.10. The van der Waals surface area contributed by atoms with E-state index in [1.165, 1.54) is 31.4 Å². The summed E-state index contributed by atoms with van der Waals surface area (Å²) in [4.78, 5) is 12.4.